The number of nitrogens with zero attached hydrogens (tertiary/aromatic N) is 2. The molecular formula is C23H19ClN2O3. The summed E-state index contributed by atoms with van der Waals surface area (Å²) in [6.07, 6.45) is 3.26. The number of carbonyl (C=O) groups excluding carboxylic acids is 2. The van der Waals surface area contributed by atoms with Crippen LogP contribution in [-0.4, -0.2) is 23.5 Å². The van der Waals surface area contributed by atoms with Gasteiger partial charge in [-0.05, 0) is 48.2 Å². The molecule has 5 nitrogen and oxygen atoms in total. The first-order chi connectivity index (χ1) is 14.1. The SMILES string of the molecule is O=C(OCCC(=O)N1c2ccccc2CCc2ccccc21)c1ccnc(Cl)c1. The number of esters is 1. The normalized spacial score (nSPS) is 12.5. The average Bonchev–Trinajstić information content (AvgIpc) is 2.90. The van der Waals surface area contributed by atoms with Gasteiger partial charge in [0.05, 0.1) is 23.4 Å². The summed E-state index contributed by atoms with van der Waals surface area (Å²) in [5.74, 6) is -0.647. The van der Waals surface area contributed by atoms with Gasteiger partial charge in [0.25, 0.3) is 0 Å². The molecular weight excluding hydrogens is 388 g/mol. The van der Waals surface area contributed by atoms with Crippen LogP contribution < -0.4 is 4.90 Å². The minimum atomic E-state index is -0.529. The Morgan fingerprint density at radius 3 is 2.21 bits per heavy atom. The molecule has 146 valence electrons. The van der Waals surface area contributed by atoms with E-state index in [-0.39, 0.29) is 24.1 Å². The van der Waals surface area contributed by atoms with Crippen molar-refractivity contribution >= 4 is 34.9 Å². The quantitative estimate of drug-likeness (QED) is 0.463. The zero-order chi connectivity index (χ0) is 20.2. The van der Waals surface area contributed by atoms with Gasteiger partial charge in [0.15, 0.2) is 0 Å². The summed E-state index contributed by atoms with van der Waals surface area (Å²) < 4.78 is 5.28. The van der Waals surface area contributed by atoms with Crippen LogP contribution in [0.2, 0.25) is 5.15 Å². The predicted octanol–water partition coefficient (Wildman–Crippen LogP) is 4.75. The second-order valence-electron chi connectivity index (χ2n) is 6.74. The van der Waals surface area contributed by atoms with Crippen LogP contribution in [0.25, 0.3) is 0 Å². The Hall–Kier alpha value is -3.18. The Morgan fingerprint density at radius 1 is 0.966 bits per heavy atom. The highest BCUT2D eigenvalue weighted by Crippen LogP contribution is 2.36. The van der Waals surface area contributed by atoms with E-state index in [0.29, 0.717) is 5.56 Å². The van der Waals surface area contributed by atoms with Crippen molar-refractivity contribution in [1.82, 2.24) is 4.98 Å². The molecule has 2 aromatic carbocycles. The third kappa shape index (κ3) is 4.15. The fraction of sp³-hybridized carbons (Fsp3) is 0.174. The largest absolute Gasteiger partial charge is 0.462 e. The van der Waals surface area contributed by atoms with Crippen LogP contribution in [0.15, 0.2) is 66.9 Å². The summed E-state index contributed by atoms with van der Waals surface area (Å²) in [7, 11) is 0. The molecule has 0 aliphatic carbocycles. The highest BCUT2D eigenvalue weighted by Gasteiger charge is 2.25. The van der Waals surface area contributed by atoms with Crippen molar-refractivity contribution in [3.63, 3.8) is 0 Å². The van der Waals surface area contributed by atoms with E-state index in [1.807, 2.05) is 36.4 Å². The van der Waals surface area contributed by atoms with Gasteiger partial charge < -0.3 is 4.74 Å². The molecule has 0 unspecified atom stereocenters. The third-order valence-corrected chi connectivity index (χ3v) is 5.10. The zero-order valence-electron chi connectivity index (χ0n) is 15.7. The number of amides is 1. The standard InChI is InChI=1S/C23H19ClN2O3/c24-21-15-18(11-13-25-21)23(28)29-14-12-22(27)26-19-7-3-1-5-16(19)9-10-17-6-2-4-8-20(17)26/h1-8,11,13,15H,9-10,12,14H2. The van der Waals surface area contributed by atoms with Gasteiger partial charge in [-0.3, -0.25) is 9.69 Å². The van der Waals surface area contributed by atoms with Gasteiger partial charge >= 0.3 is 5.97 Å². The van der Waals surface area contributed by atoms with E-state index in [1.54, 1.807) is 4.90 Å². The minimum Gasteiger partial charge on any atom is -0.462 e. The number of aromatic nitrogens is 1. The van der Waals surface area contributed by atoms with Crippen molar-refractivity contribution in [2.45, 2.75) is 19.3 Å². The Bertz CT molecular complexity index is 1020. The molecule has 2 heterocycles. The summed E-state index contributed by atoms with van der Waals surface area (Å²) in [5, 5.41) is 0.216. The van der Waals surface area contributed by atoms with Crippen LogP contribution in [0.5, 0.6) is 0 Å². The second-order valence-corrected chi connectivity index (χ2v) is 7.13. The molecule has 1 aromatic heterocycles. The molecule has 0 saturated carbocycles. The van der Waals surface area contributed by atoms with Gasteiger partial charge in [0, 0.05) is 6.20 Å². The van der Waals surface area contributed by atoms with Crippen molar-refractivity contribution in [2.75, 3.05) is 11.5 Å². The van der Waals surface area contributed by atoms with Gasteiger partial charge in [-0.15, -0.1) is 0 Å². The Kier molecular flexibility index (Phi) is 5.58. The van der Waals surface area contributed by atoms with E-state index >= 15 is 0 Å². The number of hydrogen-bond acceptors (Lipinski definition) is 4. The highest BCUT2D eigenvalue weighted by molar-refractivity contribution is 6.29. The van der Waals surface area contributed by atoms with E-state index in [1.165, 1.54) is 18.3 Å². The first-order valence-electron chi connectivity index (χ1n) is 9.41. The van der Waals surface area contributed by atoms with Crippen LogP contribution in [0.4, 0.5) is 11.4 Å². The molecule has 0 spiro atoms. The lowest BCUT2D eigenvalue weighted by Gasteiger charge is -2.25. The van der Waals surface area contributed by atoms with Crippen LogP contribution in [0.3, 0.4) is 0 Å². The number of benzene rings is 2. The average molecular weight is 407 g/mol. The molecule has 29 heavy (non-hydrogen) atoms. The molecule has 3 aromatic rings. The van der Waals surface area contributed by atoms with E-state index in [2.05, 4.69) is 17.1 Å². The Balaban J connectivity index is 1.52. The van der Waals surface area contributed by atoms with Crippen molar-refractivity contribution in [2.24, 2.45) is 0 Å². The highest BCUT2D eigenvalue weighted by atomic mass is 35.5. The monoisotopic (exact) mass is 406 g/mol. The van der Waals surface area contributed by atoms with E-state index in [0.717, 1.165) is 35.3 Å². The number of carbonyl (C=O) groups is 2. The molecule has 0 fully saturated rings. The maximum Gasteiger partial charge on any atom is 0.338 e. The molecule has 0 N–H and O–H groups in total. The third-order valence-electron chi connectivity index (χ3n) is 4.89. The molecule has 0 saturated heterocycles. The summed E-state index contributed by atoms with van der Waals surface area (Å²) in [6, 6.07) is 18.8. The van der Waals surface area contributed by atoms with Crippen LogP contribution in [0.1, 0.15) is 27.9 Å². The van der Waals surface area contributed by atoms with E-state index < -0.39 is 5.97 Å². The smallest absolute Gasteiger partial charge is 0.338 e. The summed E-state index contributed by atoms with van der Waals surface area (Å²) in [6.45, 7) is -0.0154. The molecule has 1 aliphatic rings. The van der Waals surface area contributed by atoms with Crippen molar-refractivity contribution in [3.8, 4) is 0 Å². The Morgan fingerprint density at radius 2 is 1.59 bits per heavy atom. The topological polar surface area (TPSA) is 59.5 Å². The summed E-state index contributed by atoms with van der Waals surface area (Å²) >= 11 is 5.81. The van der Waals surface area contributed by atoms with Crippen LogP contribution in [-0.2, 0) is 22.4 Å². The lowest BCUT2D eigenvalue weighted by Crippen LogP contribution is -2.28. The zero-order valence-corrected chi connectivity index (χ0v) is 16.4. The van der Waals surface area contributed by atoms with E-state index in [9.17, 15) is 9.59 Å². The molecule has 4 rings (SSSR count). The van der Waals surface area contributed by atoms with Gasteiger partial charge in [0.2, 0.25) is 5.91 Å². The van der Waals surface area contributed by atoms with E-state index in [4.69, 9.17) is 16.3 Å². The number of para-hydroxylation sites is 2. The van der Waals surface area contributed by atoms with Crippen LogP contribution >= 0.6 is 11.6 Å². The predicted molar refractivity (Wildman–Crippen MR) is 112 cm³/mol. The first kappa shape index (κ1) is 19.2. The number of pyridine rings is 1. The van der Waals surface area contributed by atoms with Crippen molar-refractivity contribution in [3.05, 3.63) is 88.7 Å². The van der Waals surface area contributed by atoms with Gasteiger partial charge in [-0.25, -0.2) is 9.78 Å². The molecule has 0 atom stereocenters. The van der Waals surface area contributed by atoms with Crippen molar-refractivity contribution < 1.29 is 14.3 Å². The molecule has 1 aliphatic heterocycles. The Labute approximate surface area is 173 Å². The van der Waals surface area contributed by atoms with Crippen LogP contribution in [0, 0.1) is 0 Å². The lowest BCUT2D eigenvalue weighted by molar-refractivity contribution is -0.118. The number of fused-ring (bicyclic) bond motifs is 2. The molecule has 1 amide bonds. The maximum atomic E-state index is 13.2. The number of ether oxygens (including phenoxy) is 1. The number of anilines is 2. The first-order valence-corrected chi connectivity index (χ1v) is 9.79. The van der Waals surface area contributed by atoms with Crippen molar-refractivity contribution in [1.29, 1.82) is 0 Å². The molecule has 6 heteroatoms. The number of rotatable bonds is 4. The van der Waals surface area contributed by atoms with Gasteiger partial charge in [0.1, 0.15) is 11.8 Å². The van der Waals surface area contributed by atoms with Gasteiger partial charge in [-0.2, -0.15) is 0 Å². The molecule has 0 bridgehead atoms. The lowest BCUT2D eigenvalue weighted by atomic mass is 10.0. The second kappa shape index (κ2) is 8.45. The number of aryl methyl sites for hydroxylation is 2. The summed E-state index contributed by atoms with van der Waals surface area (Å²) in [5.41, 5.74) is 4.33. The number of halogens is 1. The molecule has 0 radical (unpaired) electrons. The maximum absolute atomic E-state index is 13.2. The fourth-order valence-corrected chi connectivity index (χ4v) is 3.68. The number of hydrogen-bond donors (Lipinski definition) is 0. The van der Waals surface area contributed by atoms with Gasteiger partial charge in [-0.1, -0.05) is 48.0 Å². The fourth-order valence-electron chi connectivity index (χ4n) is 3.50. The summed E-state index contributed by atoms with van der Waals surface area (Å²) in [4.78, 5) is 30.9. The minimum absolute atomic E-state index is 0.0154.